The fourth-order valence-electron chi connectivity index (χ4n) is 3.92. The molecule has 3 aliphatic heterocycles. The molecule has 3 aliphatic rings. The zero-order chi connectivity index (χ0) is 21.5. The average Bonchev–Trinajstić information content (AvgIpc) is 3.27. The number of carbonyl (C=O) groups is 1. The average molecular weight is 428 g/mol. The van der Waals surface area contributed by atoms with Crippen LogP contribution in [0.2, 0.25) is 0 Å². The van der Waals surface area contributed by atoms with E-state index in [0.717, 1.165) is 77.1 Å². The molecule has 0 atom stereocenters. The Labute approximate surface area is 182 Å². The predicted molar refractivity (Wildman–Crippen MR) is 113 cm³/mol. The minimum atomic E-state index is -0.307. The number of benzene rings is 1. The van der Waals surface area contributed by atoms with Crippen molar-refractivity contribution in [2.45, 2.75) is 6.54 Å². The lowest BCUT2D eigenvalue weighted by atomic mass is 10.1. The summed E-state index contributed by atoms with van der Waals surface area (Å²) in [4.78, 5) is 19.0. The van der Waals surface area contributed by atoms with E-state index in [1.54, 1.807) is 6.20 Å². The quantitative estimate of drug-likeness (QED) is 0.494. The number of morpholine rings is 1. The van der Waals surface area contributed by atoms with Crippen LogP contribution in [0.3, 0.4) is 0 Å². The third-order valence-corrected chi connectivity index (χ3v) is 5.74. The molecule has 9 heteroatoms. The Kier molecular flexibility index (Phi) is 7.25. The number of nitriles is 1. The number of ether oxygens (including phenoxy) is 3. The minimum Gasteiger partial charge on any atom is -0.454 e. The van der Waals surface area contributed by atoms with E-state index in [1.165, 1.54) is 5.56 Å². The number of hydrogen-bond donors (Lipinski definition) is 1. The fourth-order valence-corrected chi connectivity index (χ4v) is 3.92. The van der Waals surface area contributed by atoms with Gasteiger partial charge in [0.05, 0.1) is 13.2 Å². The normalized spacial score (nSPS) is 19.8. The first-order valence-corrected chi connectivity index (χ1v) is 10.8. The number of fused-ring (bicyclic) bond motifs is 1. The van der Waals surface area contributed by atoms with Crippen LogP contribution in [0.4, 0.5) is 0 Å². The first-order valence-electron chi connectivity index (χ1n) is 10.8. The molecule has 1 N–H and O–H groups in total. The molecule has 1 amide bonds. The second kappa shape index (κ2) is 10.5. The highest BCUT2D eigenvalue weighted by molar-refractivity contribution is 5.97. The molecule has 0 spiro atoms. The monoisotopic (exact) mass is 427 g/mol. The van der Waals surface area contributed by atoms with Crippen molar-refractivity contribution in [2.75, 3.05) is 72.4 Å². The van der Waals surface area contributed by atoms with Gasteiger partial charge in [-0.3, -0.25) is 14.6 Å². The van der Waals surface area contributed by atoms with Crippen LogP contribution in [-0.4, -0.2) is 93.0 Å². The summed E-state index contributed by atoms with van der Waals surface area (Å²) in [5.41, 5.74) is 1.34. The molecular formula is C22H29N5O4. The number of hydrogen-bond acceptors (Lipinski definition) is 8. The van der Waals surface area contributed by atoms with Gasteiger partial charge in [0, 0.05) is 65.1 Å². The maximum absolute atomic E-state index is 12.4. The van der Waals surface area contributed by atoms with Crippen molar-refractivity contribution in [3.05, 3.63) is 35.5 Å². The zero-order valence-corrected chi connectivity index (χ0v) is 17.7. The molecule has 1 aromatic rings. The Balaban J connectivity index is 1.21. The molecule has 0 aromatic heterocycles. The SMILES string of the molecule is N#C/C(=C/N1CCN(Cc2ccc3c(c2)OCO3)CC1)C(=O)NCCN1CCOCC1. The van der Waals surface area contributed by atoms with Gasteiger partial charge in [0.2, 0.25) is 6.79 Å². The molecule has 9 nitrogen and oxygen atoms in total. The highest BCUT2D eigenvalue weighted by Crippen LogP contribution is 2.32. The van der Waals surface area contributed by atoms with E-state index in [4.69, 9.17) is 14.2 Å². The van der Waals surface area contributed by atoms with E-state index in [1.807, 2.05) is 18.2 Å². The molecule has 0 bridgehead atoms. The summed E-state index contributed by atoms with van der Waals surface area (Å²) in [6.07, 6.45) is 1.70. The number of piperazine rings is 1. The van der Waals surface area contributed by atoms with Gasteiger partial charge < -0.3 is 24.4 Å². The van der Waals surface area contributed by atoms with Crippen LogP contribution in [0.25, 0.3) is 0 Å². The molecule has 31 heavy (non-hydrogen) atoms. The van der Waals surface area contributed by atoms with Gasteiger partial charge in [-0.1, -0.05) is 6.07 Å². The topological polar surface area (TPSA) is 90.3 Å². The van der Waals surface area contributed by atoms with Gasteiger partial charge in [-0.15, -0.1) is 0 Å². The Bertz CT molecular complexity index is 839. The summed E-state index contributed by atoms with van der Waals surface area (Å²) in [7, 11) is 0. The summed E-state index contributed by atoms with van der Waals surface area (Å²) in [5.74, 6) is 1.29. The molecule has 4 rings (SSSR count). The predicted octanol–water partition coefficient (Wildman–Crippen LogP) is 0.389. The van der Waals surface area contributed by atoms with Crippen LogP contribution in [0.5, 0.6) is 11.5 Å². The second-order valence-corrected chi connectivity index (χ2v) is 7.86. The lowest BCUT2D eigenvalue weighted by Crippen LogP contribution is -2.44. The zero-order valence-electron chi connectivity index (χ0n) is 17.7. The van der Waals surface area contributed by atoms with Crippen molar-refractivity contribution in [3.8, 4) is 17.6 Å². The summed E-state index contributed by atoms with van der Waals surface area (Å²) >= 11 is 0. The second-order valence-electron chi connectivity index (χ2n) is 7.86. The van der Waals surface area contributed by atoms with Crippen molar-refractivity contribution in [3.63, 3.8) is 0 Å². The lowest BCUT2D eigenvalue weighted by molar-refractivity contribution is -0.117. The van der Waals surface area contributed by atoms with Crippen LogP contribution in [0, 0.1) is 11.3 Å². The highest BCUT2D eigenvalue weighted by atomic mass is 16.7. The van der Waals surface area contributed by atoms with Gasteiger partial charge in [-0.2, -0.15) is 5.26 Å². The first kappa shape index (κ1) is 21.4. The summed E-state index contributed by atoms with van der Waals surface area (Å²) in [5, 5.41) is 12.3. The molecule has 2 saturated heterocycles. The summed E-state index contributed by atoms with van der Waals surface area (Å²) in [6, 6.07) is 8.09. The van der Waals surface area contributed by atoms with Crippen molar-refractivity contribution in [2.24, 2.45) is 0 Å². The summed E-state index contributed by atoms with van der Waals surface area (Å²) < 4.78 is 16.1. The number of nitrogens with one attached hydrogen (secondary N) is 1. The van der Waals surface area contributed by atoms with Crippen molar-refractivity contribution in [1.82, 2.24) is 20.0 Å². The van der Waals surface area contributed by atoms with Gasteiger partial charge in [-0.05, 0) is 17.7 Å². The molecule has 1 aromatic carbocycles. The molecular weight excluding hydrogens is 398 g/mol. The van der Waals surface area contributed by atoms with Crippen LogP contribution in [-0.2, 0) is 16.1 Å². The molecule has 0 saturated carbocycles. The maximum Gasteiger partial charge on any atom is 0.263 e. The largest absolute Gasteiger partial charge is 0.454 e. The number of rotatable bonds is 7. The molecule has 0 aliphatic carbocycles. The minimum absolute atomic E-state index is 0.159. The van der Waals surface area contributed by atoms with Gasteiger partial charge in [0.25, 0.3) is 5.91 Å². The van der Waals surface area contributed by atoms with Crippen LogP contribution < -0.4 is 14.8 Å². The van der Waals surface area contributed by atoms with E-state index >= 15 is 0 Å². The van der Waals surface area contributed by atoms with Crippen molar-refractivity contribution < 1.29 is 19.0 Å². The lowest BCUT2D eigenvalue weighted by Gasteiger charge is -2.34. The van der Waals surface area contributed by atoms with Crippen molar-refractivity contribution in [1.29, 1.82) is 5.26 Å². The van der Waals surface area contributed by atoms with Crippen LogP contribution >= 0.6 is 0 Å². The van der Waals surface area contributed by atoms with E-state index in [0.29, 0.717) is 6.54 Å². The first-order chi connectivity index (χ1) is 15.2. The molecule has 0 radical (unpaired) electrons. The van der Waals surface area contributed by atoms with E-state index in [-0.39, 0.29) is 18.3 Å². The van der Waals surface area contributed by atoms with E-state index < -0.39 is 0 Å². The van der Waals surface area contributed by atoms with Gasteiger partial charge in [0.15, 0.2) is 11.5 Å². The highest BCUT2D eigenvalue weighted by Gasteiger charge is 2.19. The number of amides is 1. The summed E-state index contributed by atoms with van der Waals surface area (Å²) in [6.45, 7) is 8.93. The van der Waals surface area contributed by atoms with Gasteiger partial charge in [0.1, 0.15) is 11.6 Å². The fraction of sp³-hybridized carbons (Fsp3) is 0.545. The Morgan fingerprint density at radius 2 is 1.84 bits per heavy atom. The van der Waals surface area contributed by atoms with Crippen molar-refractivity contribution >= 4 is 5.91 Å². The number of nitrogens with zero attached hydrogens (tertiary/aromatic N) is 4. The number of carbonyl (C=O) groups excluding carboxylic acids is 1. The Hall–Kier alpha value is -2.80. The maximum atomic E-state index is 12.4. The molecule has 2 fully saturated rings. The Morgan fingerprint density at radius 1 is 1.06 bits per heavy atom. The smallest absolute Gasteiger partial charge is 0.263 e. The molecule has 3 heterocycles. The third-order valence-electron chi connectivity index (χ3n) is 5.74. The third kappa shape index (κ3) is 5.88. The Morgan fingerprint density at radius 3 is 2.61 bits per heavy atom. The van der Waals surface area contributed by atoms with Gasteiger partial charge in [-0.25, -0.2) is 0 Å². The standard InChI is InChI=1S/C22H29N5O4/c23-14-19(22(28)24-3-4-25-9-11-29-12-10-25)16-27-7-5-26(6-8-27)15-18-1-2-20-21(13-18)31-17-30-20/h1-2,13,16H,3-12,15,17H2,(H,24,28)/b19-16-. The van der Waals surface area contributed by atoms with Crippen LogP contribution in [0.15, 0.2) is 30.0 Å². The van der Waals surface area contributed by atoms with E-state index in [9.17, 15) is 10.1 Å². The molecule has 0 unspecified atom stereocenters. The van der Waals surface area contributed by atoms with Crippen LogP contribution in [0.1, 0.15) is 5.56 Å². The van der Waals surface area contributed by atoms with Gasteiger partial charge >= 0.3 is 0 Å². The molecule has 166 valence electrons. The van der Waals surface area contributed by atoms with E-state index in [2.05, 4.69) is 26.1 Å².